The lowest BCUT2D eigenvalue weighted by Gasteiger charge is -2.11. The van der Waals surface area contributed by atoms with E-state index in [-0.39, 0.29) is 17.7 Å². The van der Waals surface area contributed by atoms with Gasteiger partial charge in [-0.2, -0.15) is 0 Å². The van der Waals surface area contributed by atoms with Gasteiger partial charge in [-0.25, -0.2) is 0 Å². The topological polar surface area (TPSA) is 70.2 Å². The van der Waals surface area contributed by atoms with Crippen molar-refractivity contribution < 1.29 is 9.59 Å². The summed E-state index contributed by atoms with van der Waals surface area (Å²) in [5, 5.41) is 9.38. The van der Waals surface area contributed by atoms with E-state index in [0.717, 1.165) is 18.7 Å². The molecule has 2 amide bonds. The van der Waals surface area contributed by atoms with E-state index in [9.17, 15) is 9.59 Å². The molecule has 3 N–H and O–H groups in total. The fourth-order valence-electron chi connectivity index (χ4n) is 3.10. The van der Waals surface area contributed by atoms with E-state index < -0.39 is 0 Å². The van der Waals surface area contributed by atoms with Crippen LogP contribution in [0.3, 0.4) is 0 Å². The molecule has 6 heteroatoms. The Kier molecular flexibility index (Phi) is 6.14. The maximum atomic E-state index is 12.6. The number of halogens is 1. The lowest BCUT2D eigenvalue weighted by atomic mass is 10.1. The molecule has 0 aliphatic carbocycles. The van der Waals surface area contributed by atoms with Crippen LogP contribution in [0.1, 0.15) is 47.3 Å². The number of carbonyl (C=O) groups is 2. The molecule has 142 valence electrons. The molecule has 27 heavy (non-hydrogen) atoms. The van der Waals surface area contributed by atoms with Gasteiger partial charge in [0.15, 0.2) is 0 Å². The molecule has 0 aromatic heterocycles. The molecule has 0 unspecified atom stereocenters. The monoisotopic (exact) mass is 385 g/mol. The zero-order valence-corrected chi connectivity index (χ0v) is 16.3. The summed E-state index contributed by atoms with van der Waals surface area (Å²) >= 11 is 6.19. The third-order valence-electron chi connectivity index (χ3n) is 4.44. The van der Waals surface area contributed by atoms with Gasteiger partial charge in [-0.05, 0) is 40.8 Å². The van der Waals surface area contributed by atoms with E-state index >= 15 is 0 Å². The lowest BCUT2D eigenvalue weighted by molar-refractivity contribution is -0.116. The number of benzene rings is 2. The van der Waals surface area contributed by atoms with Crippen molar-refractivity contribution in [1.82, 2.24) is 10.6 Å². The van der Waals surface area contributed by atoms with Crippen LogP contribution in [0.2, 0.25) is 5.02 Å². The van der Waals surface area contributed by atoms with E-state index in [1.807, 2.05) is 19.9 Å². The van der Waals surface area contributed by atoms with Crippen LogP contribution < -0.4 is 16.0 Å². The van der Waals surface area contributed by atoms with Gasteiger partial charge in [-0.3, -0.25) is 9.59 Å². The van der Waals surface area contributed by atoms with Gasteiger partial charge in [0.1, 0.15) is 0 Å². The maximum Gasteiger partial charge on any atom is 0.253 e. The van der Waals surface area contributed by atoms with Crippen LogP contribution in [0, 0.1) is 5.92 Å². The first-order chi connectivity index (χ1) is 12.9. The summed E-state index contributed by atoms with van der Waals surface area (Å²) in [6, 6.07) is 11.2. The molecule has 1 heterocycles. The van der Waals surface area contributed by atoms with Crippen molar-refractivity contribution in [2.45, 2.75) is 39.9 Å². The number of anilines is 1. The Balaban J connectivity index is 1.65. The highest BCUT2D eigenvalue weighted by Crippen LogP contribution is 2.22. The van der Waals surface area contributed by atoms with Crippen LogP contribution in [0.4, 0.5) is 5.69 Å². The van der Waals surface area contributed by atoms with E-state index in [2.05, 4.69) is 28.1 Å². The Bertz CT molecular complexity index is 865. The Morgan fingerprint density at radius 3 is 2.67 bits per heavy atom. The summed E-state index contributed by atoms with van der Waals surface area (Å²) in [4.78, 5) is 24.5. The van der Waals surface area contributed by atoms with Crippen LogP contribution in [0.5, 0.6) is 0 Å². The zero-order chi connectivity index (χ0) is 19.4. The van der Waals surface area contributed by atoms with Crippen LogP contribution in [0.25, 0.3) is 0 Å². The number of amides is 2. The van der Waals surface area contributed by atoms with E-state index in [1.54, 1.807) is 18.2 Å². The largest absolute Gasteiger partial charge is 0.348 e. The van der Waals surface area contributed by atoms with Crippen molar-refractivity contribution in [2.75, 3.05) is 5.32 Å². The van der Waals surface area contributed by atoms with Gasteiger partial charge < -0.3 is 16.0 Å². The molecule has 1 aliphatic heterocycles. The van der Waals surface area contributed by atoms with Gasteiger partial charge in [0.2, 0.25) is 5.91 Å². The van der Waals surface area contributed by atoms with Crippen molar-refractivity contribution in [2.24, 2.45) is 5.92 Å². The van der Waals surface area contributed by atoms with Crippen molar-refractivity contribution in [3.8, 4) is 0 Å². The summed E-state index contributed by atoms with van der Waals surface area (Å²) in [5.74, 6) is -0.0772. The molecule has 0 bridgehead atoms. The molecule has 0 saturated heterocycles. The first-order valence-corrected chi connectivity index (χ1v) is 9.49. The summed E-state index contributed by atoms with van der Waals surface area (Å²) in [7, 11) is 0. The minimum atomic E-state index is -0.265. The molecule has 1 aliphatic rings. The smallest absolute Gasteiger partial charge is 0.253 e. The molecule has 0 radical (unpaired) electrons. The van der Waals surface area contributed by atoms with Gasteiger partial charge in [-0.15, -0.1) is 0 Å². The van der Waals surface area contributed by atoms with Gasteiger partial charge in [0.05, 0.1) is 10.6 Å². The molecule has 3 rings (SSSR count). The van der Waals surface area contributed by atoms with Crippen LogP contribution >= 0.6 is 11.6 Å². The first kappa shape index (κ1) is 19.4. The van der Waals surface area contributed by atoms with Gasteiger partial charge >= 0.3 is 0 Å². The number of rotatable bonds is 6. The fraction of sp³-hybridized carbons (Fsp3) is 0.333. The number of hydrogen-bond donors (Lipinski definition) is 3. The van der Waals surface area contributed by atoms with Crippen molar-refractivity contribution >= 4 is 29.1 Å². The number of hydrogen-bond acceptors (Lipinski definition) is 3. The third-order valence-corrected chi connectivity index (χ3v) is 4.77. The predicted octanol–water partition coefficient (Wildman–Crippen LogP) is 3.86. The van der Waals surface area contributed by atoms with Crippen LogP contribution in [-0.4, -0.2) is 11.8 Å². The van der Waals surface area contributed by atoms with Crippen molar-refractivity contribution in [1.29, 1.82) is 0 Å². The van der Waals surface area contributed by atoms with E-state index in [0.29, 0.717) is 29.2 Å². The van der Waals surface area contributed by atoms with Crippen LogP contribution in [0.15, 0.2) is 36.4 Å². The van der Waals surface area contributed by atoms with Crippen molar-refractivity contribution in [3.05, 3.63) is 63.7 Å². The average Bonchev–Trinajstić information content (AvgIpc) is 3.08. The quantitative estimate of drug-likeness (QED) is 0.707. The zero-order valence-electron chi connectivity index (χ0n) is 15.6. The second-order valence-electron chi connectivity index (χ2n) is 7.23. The van der Waals surface area contributed by atoms with Crippen LogP contribution in [-0.2, 0) is 24.4 Å². The molecular formula is C21H24ClN3O2. The average molecular weight is 386 g/mol. The maximum absolute atomic E-state index is 12.6. The van der Waals surface area contributed by atoms with Crippen molar-refractivity contribution in [3.63, 3.8) is 0 Å². The molecule has 0 fully saturated rings. The highest BCUT2D eigenvalue weighted by Gasteiger charge is 2.14. The Labute approximate surface area is 164 Å². The van der Waals surface area contributed by atoms with E-state index in [1.165, 1.54) is 11.1 Å². The standard InChI is InChI=1S/C21H24ClN3O2/c1-13(2)7-20(26)25-17-5-6-19(22)18(9-17)21(27)24-10-14-3-4-15-11-23-12-16(15)8-14/h3-6,8-9,13,23H,7,10-12H2,1-2H3,(H,24,27)(H,25,26). The molecule has 0 atom stereocenters. The summed E-state index contributed by atoms with van der Waals surface area (Å²) < 4.78 is 0. The number of nitrogens with one attached hydrogen (secondary N) is 3. The normalized spacial score (nSPS) is 12.7. The first-order valence-electron chi connectivity index (χ1n) is 9.11. The second-order valence-corrected chi connectivity index (χ2v) is 7.64. The molecule has 0 spiro atoms. The molecule has 5 nitrogen and oxygen atoms in total. The third kappa shape index (κ3) is 5.08. The number of fused-ring (bicyclic) bond motifs is 1. The minimum absolute atomic E-state index is 0.0783. The molecule has 2 aromatic rings. The summed E-state index contributed by atoms with van der Waals surface area (Å²) in [6.45, 7) is 6.14. The Hall–Kier alpha value is -2.37. The predicted molar refractivity (Wildman–Crippen MR) is 108 cm³/mol. The second kappa shape index (κ2) is 8.55. The Morgan fingerprint density at radius 1 is 1.11 bits per heavy atom. The highest BCUT2D eigenvalue weighted by atomic mass is 35.5. The molecule has 2 aromatic carbocycles. The van der Waals surface area contributed by atoms with Gasteiger partial charge in [0.25, 0.3) is 5.91 Å². The molecule has 0 saturated carbocycles. The Morgan fingerprint density at radius 2 is 1.89 bits per heavy atom. The minimum Gasteiger partial charge on any atom is -0.348 e. The fourth-order valence-corrected chi connectivity index (χ4v) is 3.30. The summed E-state index contributed by atoms with van der Waals surface area (Å²) in [5.41, 5.74) is 4.54. The van der Waals surface area contributed by atoms with Gasteiger partial charge in [0, 0.05) is 31.7 Å². The number of carbonyl (C=O) groups excluding carboxylic acids is 2. The summed E-state index contributed by atoms with van der Waals surface area (Å²) in [6.07, 6.45) is 0.428. The van der Waals surface area contributed by atoms with E-state index in [4.69, 9.17) is 11.6 Å². The SMILES string of the molecule is CC(C)CC(=O)Nc1ccc(Cl)c(C(=O)NCc2ccc3c(c2)CNC3)c1. The molecular weight excluding hydrogens is 362 g/mol. The van der Waals surface area contributed by atoms with Gasteiger partial charge in [-0.1, -0.05) is 43.6 Å². The lowest BCUT2D eigenvalue weighted by Crippen LogP contribution is -2.23. The highest BCUT2D eigenvalue weighted by molar-refractivity contribution is 6.34.